The van der Waals surface area contributed by atoms with Crippen LogP contribution in [0.4, 0.5) is 0 Å². The van der Waals surface area contributed by atoms with Crippen molar-refractivity contribution >= 4 is 11.8 Å². The van der Waals surface area contributed by atoms with Gasteiger partial charge in [-0.25, -0.2) is 0 Å². The minimum absolute atomic E-state index is 0.0896. The van der Waals surface area contributed by atoms with Gasteiger partial charge in [-0.1, -0.05) is 18.2 Å². The van der Waals surface area contributed by atoms with Crippen LogP contribution in [0.2, 0.25) is 0 Å². The molecular formula is C25H32N2O6. The van der Waals surface area contributed by atoms with E-state index in [9.17, 15) is 9.59 Å². The number of benzene rings is 2. The Morgan fingerprint density at radius 2 is 1.64 bits per heavy atom. The molecule has 0 aromatic heterocycles. The number of likely N-dealkylation sites (tertiary alicyclic amines) is 1. The molecule has 33 heavy (non-hydrogen) atoms. The fourth-order valence-electron chi connectivity index (χ4n) is 4.21. The van der Waals surface area contributed by atoms with Gasteiger partial charge in [-0.3, -0.25) is 9.59 Å². The number of rotatable bonds is 10. The molecular weight excluding hydrogens is 424 g/mol. The first kappa shape index (κ1) is 24.4. The number of carbonyl (C=O) groups excluding carboxylic acids is 2. The molecule has 1 N–H and O–H groups in total. The van der Waals surface area contributed by atoms with E-state index in [-0.39, 0.29) is 17.7 Å². The maximum absolute atomic E-state index is 13.2. The fraction of sp³-hybridized carbons (Fsp3) is 0.440. The maximum Gasteiger partial charge on any atom is 0.253 e. The Kier molecular flexibility index (Phi) is 8.54. The summed E-state index contributed by atoms with van der Waals surface area (Å²) in [7, 11) is 6.29. The van der Waals surface area contributed by atoms with Crippen LogP contribution in [0, 0.1) is 5.92 Å². The first-order valence-electron chi connectivity index (χ1n) is 10.9. The van der Waals surface area contributed by atoms with Crippen molar-refractivity contribution < 1.29 is 28.5 Å². The lowest BCUT2D eigenvalue weighted by atomic mass is 9.88. The summed E-state index contributed by atoms with van der Waals surface area (Å²) in [6.45, 7) is 1.81. The van der Waals surface area contributed by atoms with E-state index in [2.05, 4.69) is 5.32 Å². The summed E-state index contributed by atoms with van der Waals surface area (Å²) >= 11 is 0. The molecule has 0 saturated carbocycles. The van der Waals surface area contributed by atoms with E-state index in [4.69, 9.17) is 18.9 Å². The highest BCUT2D eigenvalue weighted by atomic mass is 16.5. The molecule has 0 aliphatic carbocycles. The van der Waals surface area contributed by atoms with Crippen molar-refractivity contribution in [3.63, 3.8) is 0 Å². The van der Waals surface area contributed by atoms with Crippen LogP contribution < -0.4 is 19.5 Å². The molecule has 8 heteroatoms. The third-order valence-corrected chi connectivity index (χ3v) is 5.90. The molecule has 2 unspecified atom stereocenters. The van der Waals surface area contributed by atoms with Gasteiger partial charge in [-0.05, 0) is 36.2 Å². The maximum atomic E-state index is 13.2. The Balaban J connectivity index is 1.91. The third-order valence-electron chi connectivity index (χ3n) is 5.90. The van der Waals surface area contributed by atoms with E-state index in [0.29, 0.717) is 49.1 Å². The predicted molar refractivity (Wildman–Crippen MR) is 124 cm³/mol. The van der Waals surface area contributed by atoms with Gasteiger partial charge in [-0.2, -0.15) is 0 Å². The number of amides is 2. The predicted octanol–water partition coefficient (Wildman–Crippen LogP) is 2.72. The van der Waals surface area contributed by atoms with Crippen LogP contribution >= 0.6 is 0 Å². The largest absolute Gasteiger partial charge is 0.493 e. The van der Waals surface area contributed by atoms with Crippen LogP contribution in [0.5, 0.6) is 17.2 Å². The lowest BCUT2D eigenvalue weighted by Gasteiger charge is -2.21. The van der Waals surface area contributed by atoms with Gasteiger partial charge in [0.05, 0.1) is 27.2 Å². The van der Waals surface area contributed by atoms with Crippen molar-refractivity contribution in [2.24, 2.45) is 5.92 Å². The lowest BCUT2D eigenvalue weighted by Crippen LogP contribution is -2.36. The number of nitrogens with one attached hydrogen (secondary N) is 1. The summed E-state index contributed by atoms with van der Waals surface area (Å²) in [5.74, 6) is 0.685. The first-order chi connectivity index (χ1) is 16.0. The highest BCUT2D eigenvalue weighted by Gasteiger charge is 2.41. The number of methoxy groups -OCH3 is 4. The molecule has 1 aliphatic heterocycles. The van der Waals surface area contributed by atoms with Crippen molar-refractivity contribution in [2.45, 2.75) is 12.3 Å². The van der Waals surface area contributed by atoms with E-state index < -0.39 is 5.92 Å². The van der Waals surface area contributed by atoms with Gasteiger partial charge in [0.25, 0.3) is 5.91 Å². The molecule has 1 heterocycles. The van der Waals surface area contributed by atoms with E-state index in [1.807, 2.05) is 30.3 Å². The Morgan fingerprint density at radius 3 is 2.21 bits per heavy atom. The third kappa shape index (κ3) is 5.57. The summed E-state index contributed by atoms with van der Waals surface area (Å²) in [5, 5.41) is 2.99. The zero-order valence-corrected chi connectivity index (χ0v) is 19.6. The molecule has 2 amide bonds. The minimum Gasteiger partial charge on any atom is -0.493 e. The number of ether oxygens (including phenoxy) is 4. The van der Waals surface area contributed by atoms with E-state index in [1.54, 1.807) is 45.5 Å². The Hall–Kier alpha value is -3.26. The minimum atomic E-state index is -0.414. The van der Waals surface area contributed by atoms with Crippen molar-refractivity contribution in [3.8, 4) is 17.2 Å². The van der Waals surface area contributed by atoms with Crippen LogP contribution in [-0.4, -0.2) is 71.4 Å². The number of carbonyl (C=O) groups is 2. The van der Waals surface area contributed by atoms with Gasteiger partial charge in [-0.15, -0.1) is 0 Å². The first-order valence-corrected chi connectivity index (χ1v) is 10.9. The van der Waals surface area contributed by atoms with Gasteiger partial charge in [0.15, 0.2) is 11.5 Å². The van der Waals surface area contributed by atoms with Crippen molar-refractivity contribution in [3.05, 3.63) is 53.6 Å². The van der Waals surface area contributed by atoms with Crippen molar-refractivity contribution in [1.29, 1.82) is 0 Å². The summed E-state index contributed by atoms with van der Waals surface area (Å²) in [6.07, 6.45) is 0.719. The number of nitrogens with zero attached hydrogens (tertiary/aromatic N) is 1. The van der Waals surface area contributed by atoms with Crippen LogP contribution in [0.15, 0.2) is 42.5 Å². The number of hydrogen-bond donors (Lipinski definition) is 1. The van der Waals surface area contributed by atoms with Crippen LogP contribution in [0.25, 0.3) is 0 Å². The van der Waals surface area contributed by atoms with Gasteiger partial charge in [0, 0.05) is 44.8 Å². The molecule has 178 valence electrons. The molecule has 2 aromatic carbocycles. The Morgan fingerprint density at radius 1 is 0.970 bits per heavy atom. The smallest absolute Gasteiger partial charge is 0.253 e. The van der Waals surface area contributed by atoms with Gasteiger partial charge >= 0.3 is 0 Å². The molecule has 1 fully saturated rings. The molecule has 8 nitrogen and oxygen atoms in total. The lowest BCUT2D eigenvalue weighted by molar-refractivity contribution is -0.125. The molecule has 0 radical (unpaired) electrons. The Labute approximate surface area is 194 Å². The zero-order chi connectivity index (χ0) is 23.8. The zero-order valence-electron chi connectivity index (χ0n) is 19.6. The number of hydrogen-bond acceptors (Lipinski definition) is 6. The highest BCUT2D eigenvalue weighted by molar-refractivity contribution is 5.95. The normalized spacial score (nSPS) is 17.5. The quantitative estimate of drug-likeness (QED) is 0.554. The summed E-state index contributed by atoms with van der Waals surface area (Å²) in [4.78, 5) is 28.0. The molecule has 1 aliphatic rings. The van der Waals surface area contributed by atoms with Crippen LogP contribution in [0.1, 0.15) is 28.3 Å². The second-order valence-corrected chi connectivity index (χ2v) is 7.89. The van der Waals surface area contributed by atoms with E-state index >= 15 is 0 Å². The molecule has 1 saturated heterocycles. The highest BCUT2D eigenvalue weighted by Crippen LogP contribution is 2.43. The van der Waals surface area contributed by atoms with E-state index in [1.165, 1.54) is 0 Å². The second kappa shape index (κ2) is 11.6. The SMILES string of the molecule is COCCCNC(=O)C1CN(C(=O)c2ccccc2)CC1c1cc(OC)c(OC)c(OC)c1. The van der Waals surface area contributed by atoms with Crippen LogP contribution in [0.3, 0.4) is 0 Å². The van der Waals surface area contributed by atoms with Gasteiger partial charge < -0.3 is 29.2 Å². The summed E-state index contributed by atoms with van der Waals surface area (Å²) in [5.41, 5.74) is 1.45. The van der Waals surface area contributed by atoms with Crippen molar-refractivity contribution in [2.75, 3.05) is 54.7 Å². The molecule has 0 bridgehead atoms. The summed E-state index contributed by atoms with van der Waals surface area (Å²) < 4.78 is 21.5. The van der Waals surface area contributed by atoms with Gasteiger partial charge in [0.1, 0.15) is 0 Å². The second-order valence-electron chi connectivity index (χ2n) is 7.89. The topological polar surface area (TPSA) is 86.3 Å². The molecule has 2 aromatic rings. The molecule has 3 rings (SSSR count). The van der Waals surface area contributed by atoms with Crippen molar-refractivity contribution in [1.82, 2.24) is 10.2 Å². The van der Waals surface area contributed by atoms with E-state index in [0.717, 1.165) is 12.0 Å². The Bertz CT molecular complexity index is 924. The summed E-state index contributed by atoms with van der Waals surface area (Å²) in [6, 6.07) is 12.8. The standard InChI is InChI=1S/C25H32N2O6/c1-30-12-8-11-26-24(28)20-16-27(25(29)17-9-6-5-7-10-17)15-19(20)18-13-21(31-2)23(33-4)22(14-18)32-3/h5-7,9-10,13-14,19-20H,8,11-12,15-16H2,1-4H3,(H,26,28). The average molecular weight is 457 g/mol. The molecule has 2 atom stereocenters. The average Bonchev–Trinajstić information content (AvgIpc) is 3.31. The fourth-order valence-corrected chi connectivity index (χ4v) is 4.21. The monoisotopic (exact) mass is 456 g/mol. The van der Waals surface area contributed by atoms with Gasteiger partial charge in [0.2, 0.25) is 11.7 Å². The van der Waals surface area contributed by atoms with Crippen LogP contribution in [-0.2, 0) is 9.53 Å². The molecule has 0 spiro atoms.